The first-order valence-electron chi connectivity index (χ1n) is 6.61. The Bertz CT molecular complexity index is 328. The predicted molar refractivity (Wildman–Crippen MR) is 79.5 cm³/mol. The van der Waals surface area contributed by atoms with Gasteiger partial charge in [0.05, 0.1) is 7.11 Å². The molecular weight excluding hydrogens is 244 g/mol. The third-order valence-electron chi connectivity index (χ3n) is 3.02. The molecule has 0 aliphatic rings. The molecule has 18 heavy (non-hydrogen) atoms. The van der Waals surface area contributed by atoms with E-state index < -0.39 is 0 Å². The first-order valence-corrected chi connectivity index (χ1v) is 7.77. The largest absolute Gasteiger partial charge is 0.497 e. The molecule has 0 fully saturated rings. The molecular formula is C15H24O2S. The fourth-order valence-electron chi connectivity index (χ4n) is 2.01. The van der Waals surface area contributed by atoms with Crippen LogP contribution in [0.15, 0.2) is 24.3 Å². The first kappa shape index (κ1) is 15.4. The molecule has 0 aliphatic carbocycles. The van der Waals surface area contributed by atoms with Gasteiger partial charge < -0.3 is 9.84 Å². The van der Waals surface area contributed by atoms with Gasteiger partial charge in [-0.1, -0.05) is 19.1 Å². The van der Waals surface area contributed by atoms with Gasteiger partial charge in [0.25, 0.3) is 0 Å². The van der Waals surface area contributed by atoms with E-state index in [-0.39, 0.29) is 6.61 Å². The second-order valence-electron chi connectivity index (χ2n) is 4.44. The Morgan fingerprint density at radius 2 is 2.22 bits per heavy atom. The first-order chi connectivity index (χ1) is 8.80. The van der Waals surface area contributed by atoms with E-state index in [0.717, 1.165) is 18.6 Å². The minimum Gasteiger partial charge on any atom is -0.497 e. The van der Waals surface area contributed by atoms with Crippen molar-refractivity contribution in [2.24, 2.45) is 5.92 Å². The maximum absolute atomic E-state index is 9.43. The third-order valence-corrected chi connectivity index (χ3v) is 4.01. The van der Waals surface area contributed by atoms with E-state index in [1.165, 1.54) is 23.5 Å². The van der Waals surface area contributed by atoms with Crippen LogP contribution in [-0.4, -0.2) is 30.3 Å². The van der Waals surface area contributed by atoms with E-state index in [2.05, 4.69) is 19.1 Å². The molecule has 0 aromatic heterocycles. The molecule has 1 unspecified atom stereocenters. The molecule has 0 heterocycles. The second kappa shape index (κ2) is 9.29. The summed E-state index contributed by atoms with van der Waals surface area (Å²) in [4.78, 5) is 0. The molecule has 3 heteroatoms. The lowest BCUT2D eigenvalue weighted by Gasteiger charge is -2.14. The average molecular weight is 268 g/mol. The van der Waals surface area contributed by atoms with E-state index >= 15 is 0 Å². The summed E-state index contributed by atoms with van der Waals surface area (Å²) in [6.45, 7) is 2.46. The van der Waals surface area contributed by atoms with Crippen molar-refractivity contribution in [1.82, 2.24) is 0 Å². The Morgan fingerprint density at radius 3 is 2.89 bits per heavy atom. The third kappa shape index (κ3) is 5.78. The van der Waals surface area contributed by atoms with Crippen LogP contribution < -0.4 is 4.74 Å². The molecule has 1 aromatic carbocycles. The molecule has 1 aromatic rings. The summed E-state index contributed by atoms with van der Waals surface area (Å²) in [5.74, 6) is 3.64. The summed E-state index contributed by atoms with van der Waals surface area (Å²) in [5.41, 5.74) is 1.25. The Hall–Kier alpha value is -0.670. The minimum absolute atomic E-state index is 0.272. The number of methoxy groups -OCH3 is 1. The number of hydrogen-bond acceptors (Lipinski definition) is 3. The smallest absolute Gasteiger partial charge is 0.119 e. The summed E-state index contributed by atoms with van der Waals surface area (Å²) in [7, 11) is 1.69. The molecule has 1 rings (SSSR count). The lowest BCUT2D eigenvalue weighted by molar-refractivity contribution is 0.217. The monoisotopic (exact) mass is 268 g/mol. The van der Waals surface area contributed by atoms with Gasteiger partial charge in [-0.05, 0) is 54.4 Å². The topological polar surface area (TPSA) is 29.5 Å². The molecule has 1 atom stereocenters. The van der Waals surface area contributed by atoms with E-state index in [1.807, 2.05) is 23.9 Å². The van der Waals surface area contributed by atoms with Crippen LogP contribution in [0.25, 0.3) is 0 Å². The van der Waals surface area contributed by atoms with Crippen LogP contribution in [0.1, 0.15) is 25.3 Å². The van der Waals surface area contributed by atoms with Crippen LogP contribution in [-0.2, 0) is 6.42 Å². The van der Waals surface area contributed by atoms with Crippen LogP contribution in [0, 0.1) is 5.92 Å². The van der Waals surface area contributed by atoms with Gasteiger partial charge in [-0.3, -0.25) is 0 Å². The molecule has 0 bridgehead atoms. The fourth-order valence-corrected chi connectivity index (χ4v) is 2.67. The Balaban J connectivity index is 2.41. The Kier molecular flexibility index (Phi) is 7.94. The van der Waals surface area contributed by atoms with E-state index in [0.29, 0.717) is 5.92 Å². The maximum Gasteiger partial charge on any atom is 0.119 e. The van der Waals surface area contributed by atoms with E-state index in [1.54, 1.807) is 7.11 Å². The standard InChI is InChI=1S/C15H24O2S/c1-3-18-9-5-7-14(12-16)10-13-6-4-8-15(11-13)17-2/h4,6,8,11,14,16H,3,5,7,9-10,12H2,1-2H3. The van der Waals surface area contributed by atoms with Crippen molar-refractivity contribution < 1.29 is 9.84 Å². The number of aliphatic hydroxyl groups is 1. The van der Waals surface area contributed by atoms with Crippen LogP contribution in [0.2, 0.25) is 0 Å². The predicted octanol–water partition coefficient (Wildman–Crippen LogP) is 3.38. The molecule has 0 radical (unpaired) electrons. The van der Waals surface area contributed by atoms with Crippen molar-refractivity contribution in [2.45, 2.75) is 26.2 Å². The average Bonchev–Trinajstić information content (AvgIpc) is 2.42. The number of rotatable bonds is 9. The van der Waals surface area contributed by atoms with Gasteiger partial charge in [-0.2, -0.15) is 11.8 Å². The van der Waals surface area contributed by atoms with Crippen molar-refractivity contribution in [1.29, 1.82) is 0 Å². The zero-order chi connectivity index (χ0) is 13.2. The maximum atomic E-state index is 9.43. The molecule has 102 valence electrons. The van der Waals surface area contributed by atoms with Gasteiger partial charge in [0.15, 0.2) is 0 Å². The van der Waals surface area contributed by atoms with Crippen LogP contribution in [0.5, 0.6) is 5.75 Å². The van der Waals surface area contributed by atoms with Crippen LogP contribution in [0.4, 0.5) is 0 Å². The summed E-state index contributed by atoms with van der Waals surface area (Å²) in [6.07, 6.45) is 3.22. The summed E-state index contributed by atoms with van der Waals surface area (Å²) < 4.78 is 5.22. The van der Waals surface area contributed by atoms with Gasteiger partial charge >= 0.3 is 0 Å². The highest BCUT2D eigenvalue weighted by molar-refractivity contribution is 7.99. The number of hydrogen-bond donors (Lipinski definition) is 1. The zero-order valence-electron chi connectivity index (χ0n) is 11.4. The van der Waals surface area contributed by atoms with Crippen molar-refractivity contribution >= 4 is 11.8 Å². The number of aliphatic hydroxyl groups excluding tert-OH is 1. The number of thioether (sulfide) groups is 1. The zero-order valence-corrected chi connectivity index (χ0v) is 12.2. The molecule has 2 nitrogen and oxygen atoms in total. The summed E-state index contributed by atoms with van der Waals surface area (Å²) >= 11 is 1.97. The highest BCUT2D eigenvalue weighted by atomic mass is 32.2. The Labute approximate surface area is 115 Å². The quantitative estimate of drug-likeness (QED) is 0.696. The van der Waals surface area contributed by atoms with E-state index in [9.17, 15) is 5.11 Å². The minimum atomic E-state index is 0.272. The lowest BCUT2D eigenvalue weighted by atomic mass is 9.96. The van der Waals surface area contributed by atoms with Gasteiger partial charge in [-0.25, -0.2) is 0 Å². The van der Waals surface area contributed by atoms with Crippen LogP contribution in [0.3, 0.4) is 0 Å². The Morgan fingerprint density at radius 1 is 1.39 bits per heavy atom. The highest BCUT2D eigenvalue weighted by Crippen LogP contribution is 2.19. The van der Waals surface area contributed by atoms with Gasteiger partial charge in [-0.15, -0.1) is 0 Å². The van der Waals surface area contributed by atoms with Crippen molar-refractivity contribution in [2.75, 3.05) is 25.2 Å². The van der Waals surface area contributed by atoms with Gasteiger partial charge in [0.1, 0.15) is 5.75 Å². The molecule has 0 amide bonds. The SMILES string of the molecule is CCSCCCC(CO)Cc1cccc(OC)c1. The number of benzene rings is 1. The van der Waals surface area contributed by atoms with Gasteiger partial charge in [0, 0.05) is 6.61 Å². The fraction of sp³-hybridized carbons (Fsp3) is 0.600. The summed E-state index contributed by atoms with van der Waals surface area (Å²) in [5, 5.41) is 9.43. The van der Waals surface area contributed by atoms with Crippen molar-refractivity contribution in [3.8, 4) is 5.75 Å². The lowest BCUT2D eigenvalue weighted by Crippen LogP contribution is -2.10. The van der Waals surface area contributed by atoms with Crippen LogP contribution >= 0.6 is 11.8 Å². The summed E-state index contributed by atoms with van der Waals surface area (Å²) in [6, 6.07) is 8.13. The molecule has 0 saturated carbocycles. The molecule has 0 saturated heterocycles. The van der Waals surface area contributed by atoms with Gasteiger partial charge in [0.2, 0.25) is 0 Å². The molecule has 0 spiro atoms. The van der Waals surface area contributed by atoms with Crippen molar-refractivity contribution in [3.05, 3.63) is 29.8 Å². The number of ether oxygens (including phenoxy) is 1. The second-order valence-corrected chi connectivity index (χ2v) is 5.84. The van der Waals surface area contributed by atoms with Crippen molar-refractivity contribution in [3.63, 3.8) is 0 Å². The highest BCUT2D eigenvalue weighted by Gasteiger charge is 2.09. The normalized spacial score (nSPS) is 12.4. The molecule has 0 aliphatic heterocycles. The van der Waals surface area contributed by atoms with E-state index in [4.69, 9.17) is 4.74 Å². The molecule has 1 N–H and O–H groups in total.